The largest absolute Gasteiger partial charge is 0.366 e. The molecule has 2 aliphatic carbocycles. The lowest BCUT2D eigenvalue weighted by atomic mass is 9.59. The molecule has 2 nitrogen and oxygen atoms in total. The SMILES string of the molecule is CC1(C2CCC3OC3(C)C2)CCC2OC2(C)C1. The van der Waals surface area contributed by atoms with E-state index in [9.17, 15) is 0 Å². The highest BCUT2D eigenvalue weighted by molar-refractivity contribution is 5.12. The van der Waals surface area contributed by atoms with Gasteiger partial charge in [-0.3, -0.25) is 0 Å². The van der Waals surface area contributed by atoms with Gasteiger partial charge in [0, 0.05) is 0 Å². The van der Waals surface area contributed by atoms with Crippen LogP contribution in [0, 0.1) is 11.3 Å². The summed E-state index contributed by atoms with van der Waals surface area (Å²) in [6.45, 7) is 7.14. The molecule has 4 aliphatic rings. The Morgan fingerprint density at radius 2 is 1.59 bits per heavy atom. The minimum atomic E-state index is 0.231. The zero-order valence-corrected chi connectivity index (χ0v) is 11.3. The van der Waals surface area contributed by atoms with Crippen LogP contribution in [-0.4, -0.2) is 23.4 Å². The summed E-state index contributed by atoms with van der Waals surface area (Å²) < 4.78 is 11.7. The second-order valence-corrected chi connectivity index (χ2v) is 7.69. The van der Waals surface area contributed by atoms with Crippen molar-refractivity contribution in [1.82, 2.24) is 0 Å². The third-order valence-electron chi connectivity index (χ3n) is 6.22. The van der Waals surface area contributed by atoms with E-state index in [-0.39, 0.29) is 11.2 Å². The highest BCUT2D eigenvalue weighted by Gasteiger charge is 2.63. The van der Waals surface area contributed by atoms with Gasteiger partial charge in [0.2, 0.25) is 0 Å². The average molecular weight is 236 g/mol. The zero-order valence-electron chi connectivity index (χ0n) is 11.3. The van der Waals surface area contributed by atoms with Crippen molar-refractivity contribution in [2.24, 2.45) is 11.3 Å². The van der Waals surface area contributed by atoms with Gasteiger partial charge in [0.25, 0.3) is 0 Å². The first-order chi connectivity index (χ1) is 7.94. The van der Waals surface area contributed by atoms with Crippen molar-refractivity contribution in [2.75, 3.05) is 0 Å². The molecule has 0 N–H and O–H groups in total. The summed E-state index contributed by atoms with van der Waals surface area (Å²) in [5, 5.41) is 0. The minimum absolute atomic E-state index is 0.231. The fraction of sp³-hybridized carbons (Fsp3) is 1.00. The van der Waals surface area contributed by atoms with Crippen LogP contribution in [0.5, 0.6) is 0 Å². The Kier molecular flexibility index (Phi) is 1.85. The average Bonchev–Trinajstić information content (AvgIpc) is 3.09. The molecule has 6 atom stereocenters. The van der Waals surface area contributed by atoms with Gasteiger partial charge >= 0.3 is 0 Å². The Labute approximate surface area is 104 Å². The summed E-state index contributed by atoms with van der Waals surface area (Å²) in [6, 6.07) is 0. The fourth-order valence-corrected chi connectivity index (χ4v) is 4.88. The van der Waals surface area contributed by atoms with E-state index in [0.717, 1.165) is 5.92 Å². The number of hydrogen-bond donors (Lipinski definition) is 0. The van der Waals surface area contributed by atoms with Crippen LogP contribution < -0.4 is 0 Å². The van der Waals surface area contributed by atoms with Crippen molar-refractivity contribution in [3.8, 4) is 0 Å². The van der Waals surface area contributed by atoms with Crippen molar-refractivity contribution in [3.63, 3.8) is 0 Å². The lowest BCUT2D eigenvalue weighted by Crippen LogP contribution is -2.40. The van der Waals surface area contributed by atoms with Gasteiger partial charge in [-0.15, -0.1) is 0 Å². The van der Waals surface area contributed by atoms with Gasteiger partial charge in [-0.2, -0.15) is 0 Å². The minimum Gasteiger partial charge on any atom is -0.366 e. The van der Waals surface area contributed by atoms with Gasteiger partial charge in [0.1, 0.15) is 0 Å². The lowest BCUT2D eigenvalue weighted by Gasteiger charge is -2.43. The summed E-state index contributed by atoms with van der Waals surface area (Å²) in [7, 11) is 0. The smallest absolute Gasteiger partial charge is 0.0925 e. The molecule has 2 heteroatoms. The summed E-state index contributed by atoms with van der Waals surface area (Å²) in [4.78, 5) is 0. The normalized spacial score (nSPS) is 64.8. The van der Waals surface area contributed by atoms with E-state index in [1.807, 2.05) is 0 Å². The fourth-order valence-electron chi connectivity index (χ4n) is 4.88. The molecule has 2 saturated heterocycles. The molecule has 0 aromatic heterocycles. The Hall–Kier alpha value is -0.0800. The Balaban J connectivity index is 1.53. The van der Waals surface area contributed by atoms with Gasteiger partial charge < -0.3 is 9.47 Å². The molecular formula is C15H24O2. The Bertz CT molecular complexity index is 368. The standard InChI is InChI=1S/C15H24O2/c1-13(7-6-12-15(3,9-13)17-12)10-4-5-11-14(2,8-10)16-11/h10-12H,4-9H2,1-3H3. The second kappa shape index (κ2) is 2.91. The van der Waals surface area contributed by atoms with E-state index in [1.54, 1.807) is 0 Å². The van der Waals surface area contributed by atoms with Crippen molar-refractivity contribution in [2.45, 2.75) is 82.7 Å². The third kappa shape index (κ3) is 1.46. The lowest BCUT2D eigenvalue weighted by molar-refractivity contribution is 0.0695. The Morgan fingerprint density at radius 1 is 0.882 bits per heavy atom. The van der Waals surface area contributed by atoms with Crippen molar-refractivity contribution in [3.05, 3.63) is 0 Å². The molecule has 96 valence electrons. The van der Waals surface area contributed by atoms with Crippen LogP contribution in [-0.2, 0) is 9.47 Å². The third-order valence-corrected chi connectivity index (χ3v) is 6.22. The van der Waals surface area contributed by atoms with Gasteiger partial charge in [0.15, 0.2) is 0 Å². The highest BCUT2D eigenvalue weighted by atomic mass is 16.6. The maximum absolute atomic E-state index is 5.88. The number of fused-ring (bicyclic) bond motifs is 2. The summed E-state index contributed by atoms with van der Waals surface area (Å²) >= 11 is 0. The van der Waals surface area contributed by atoms with E-state index in [0.29, 0.717) is 17.6 Å². The van der Waals surface area contributed by atoms with Gasteiger partial charge in [-0.05, 0) is 63.7 Å². The summed E-state index contributed by atoms with van der Waals surface area (Å²) in [6.07, 6.45) is 9.04. The quantitative estimate of drug-likeness (QED) is 0.653. The molecule has 2 heterocycles. The molecule has 0 amide bonds. The maximum Gasteiger partial charge on any atom is 0.0925 e. The molecule has 0 aromatic carbocycles. The molecule has 17 heavy (non-hydrogen) atoms. The van der Waals surface area contributed by atoms with Crippen LogP contribution in [0.2, 0.25) is 0 Å². The molecular weight excluding hydrogens is 212 g/mol. The molecule has 2 saturated carbocycles. The molecule has 0 spiro atoms. The first kappa shape index (κ1) is 10.8. The van der Waals surface area contributed by atoms with E-state index < -0.39 is 0 Å². The van der Waals surface area contributed by atoms with E-state index >= 15 is 0 Å². The number of ether oxygens (including phenoxy) is 2. The van der Waals surface area contributed by atoms with E-state index in [2.05, 4.69) is 20.8 Å². The zero-order chi connectivity index (χ0) is 11.9. The van der Waals surface area contributed by atoms with Crippen LogP contribution >= 0.6 is 0 Å². The predicted octanol–water partition coefficient (Wildman–Crippen LogP) is 3.29. The van der Waals surface area contributed by atoms with Crippen LogP contribution in [0.25, 0.3) is 0 Å². The molecule has 6 unspecified atom stereocenters. The topological polar surface area (TPSA) is 25.1 Å². The second-order valence-electron chi connectivity index (χ2n) is 7.69. The molecule has 4 fully saturated rings. The number of epoxide rings is 2. The van der Waals surface area contributed by atoms with Gasteiger partial charge in [0.05, 0.1) is 23.4 Å². The first-order valence-electron chi connectivity index (χ1n) is 7.29. The Morgan fingerprint density at radius 3 is 2.29 bits per heavy atom. The van der Waals surface area contributed by atoms with E-state index in [4.69, 9.17) is 9.47 Å². The van der Waals surface area contributed by atoms with Crippen molar-refractivity contribution < 1.29 is 9.47 Å². The van der Waals surface area contributed by atoms with Crippen LogP contribution in [0.15, 0.2) is 0 Å². The van der Waals surface area contributed by atoms with Gasteiger partial charge in [-0.1, -0.05) is 6.92 Å². The maximum atomic E-state index is 5.88. The monoisotopic (exact) mass is 236 g/mol. The molecule has 0 bridgehead atoms. The summed E-state index contributed by atoms with van der Waals surface area (Å²) in [5.74, 6) is 0.855. The molecule has 4 rings (SSSR count). The van der Waals surface area contributed by atoms with Crippen LogP contribution in [0.1, 0.15) is 59.3 Å². The first-order valence-corrected chi connectivity index (χ1v) is 7.29. The number of rotatable bonds is 1. The van der Waals surface area contributed by atoms with Crippen LogP contribution in [0.4, 0.5) is 0 Å². The van der Waals surface area contributed by atoms with Gasteiger partial charge in [-0.25, -0.2) is 0 Å². The number of hydrogen-bond acceptors (Lipinski definition) is 2. The van der Waals surface area contributed by atoms with Crippen molar-refractivity contribution >= 4 is 0 Å². The predicted molar refractivity (Wildman–Crippen MR) is 65.9 cm³/mol. The van der Waals surface area contributed by atoms with Crippen LogP contribution in [0.3, 0.4) is 0 Å². The molecule has 0 aromatic rings. The molecule has 2 aliphatic heterocycles. The highest BCUT2D eigenvalue weighted by Crippen LogP contribution is 2.61. The molecule has 0 radical (unpaired) electrons. The summed E-state index contributed by atoms with van der Waals surface area (Å²) in [5.41, 5.74) is 0.977. The van der Waals surface area contributed by atoms with Crippen molar-refractivity contribution in [1.29, 1.82) is 0 Å². The van der Waals surface area contributed by atoms with E-state index in [1.165, 1.54) is 38.5 Å².